The molecule has 114 valence electrons. The lowest BCUT2D eigenvalue weighted by Crippen LogP contribution is -2.43. The second kappa shape index (κ2) is 6.44. The van der Waals surface area contributed by atoms with E-state index in [1.54, 1.807) is 18.3 Å². The molecule has 0 bridgehead atoms. The summed E-state index contributed by atoms with van der Waals surface area (Å²) in [5, 5.41) is 5.18. The predicted octanol–water partition coefficient (Wildman–Crippen LogP) is 2.60. The molecule has 0 saturated heterocycles. The molecule has 1 aromatic carbocycles. The second-order valence-electron chi connectivity index (χ2n) is 4.66. The fraction of sp³-hybridized carbons (Fsp3) is 0.385. The Morgan fingerprint density at radius 3 is 2.86 bits per heavy atom. The third-order valence-electron chi connectivity index (χ3n) is 3.11. The van der Waals surface area contributed by atoms with Crippen LogP contribution in [0.3, 0.4) is 0 Å². The molecule has 1 N–H and O–H groups in total. The van der Waals surface area contributed by atoms with E-state index in [9.17, 15) is 13.2 Å². The Morgan fingerprint density at radius 1 is 1.48 bits per heavy atom. The summed E-state index contributed by atoms with van der Waals surface area (Å²) < 4.78 is 26.4. The van der Waals surface area contributed by atoms with Gasteiger partial charge in [-0.3, -0.25) is 0 Å². The third kappa shape index (κ3) is 3.54. The number of hydrogen-bond donors (Lipinski definition) is 1. The zero-order valence-electron chi connectivity index (χ0n) is 11.5. The van der Waals surface area contributed by atoms with E-state index in [4.69, 9.17) is 11.6 Å². The van der Waals surface area contributed by atoms with Crippen LogP contribution in [0.15, 0.2) is 34.3 Å². The maximum atomic E-state index is 12.2. The van der Waals surface area contributed by atoms with Crippen molar-refractivity contribution in [2.24, 2.45) is 5.10 Å². The van der Waals surface area contributed by atoms with Crippen LogP contribution < -0.4 is 4.72 Å². The predicted molar refractivity (Wildman–Crippen MR) is 80.8 cm³/mol. The van der Waals surface area contributed by atoms with E-state index in [-0.39, 0.29) is 16.0 Å². The molecule has 0 saturated carbocycles. The summed E-state index contributed by atoms with van der Waals surface area (Å²) in [4.78, 5) is 12.0. The lowest BCUT2D eigenvalue weighted by molar-refractivity contribution is 0.188. The SMILES string of the molecule is CCCC1CC=NN1C(=O)NS(=O)(=O)c1ccccc1Cl. The quantitative estimate of drug-likeness (QED) is 0.922. The first-order valence-electron chi connectivity index (χ1n) is 6.58. The van der Waals surface area contributed by atoms with Crippen LogP contribution in [0.5, 0.6) is 0 Å². The van der Waals surface area contributed by atoms with Crippen molar-refractivity contribution in [3.8, 4) is 0 Å². The third-order valence-corrected chi connectivity index (χ3v) is 4.93. The molecule has 0 aromatic heterocycles. The number of halogens is 1. The highest BCUT2D eigenvalue weighted by Crippen LogP contribution is 2.21. The van der Waals surface area contributed by atoms with E-state index in [1.807, 2.05) is 11.6 Å². The number of rotatable bonds is 4. The number of hydrogen-bond acceptors (Lipinski definition) is 4. The van der Waals surface area contributed by atoms with Gasteiger partial charge in [0, 0.05) is 12.6 Å². The number of sulfonamides is 1. The molecule has 0 aliphatic carbocycles. The van der Waals surface area contributed by atoms with Crippen LogP contribution in [0, 0.1) is 0 Å². The van der Waals surface area contributed by atoms with Gasteiger partial charge in [-0.2, -0.15) is 5.10 Å². The van der Waals surface area contributed by atoms with Crippen LogP contribution in [0.4, 0.5) is 4.79 Å². The highest BCUT2D eigenvalue weighted by Gasteiger charge is 2.30. The fourth-order valence-corrected chi connectivity index (χ4v) is 3.58. The number of nitrogens with one attached hydrogen (secondary N) is 1. The first-order valence-corrected chi connectivity index (χ1v) is 8.45. The Hall–Kier alpha value is -1.60. The Morgan fingerprint density at radius 2 is 2.19 bits per heavy atom. The van der Waals surface area contributed by atoms with Gasteiger partial charge >= 0.3 is 6.03 Å². The number of benzene rings is 1. The molecule has 1 heterocycles. The lowest BCUT2D eigenvalue weighted by Gasteiger charge is -2.21. The molecule has 1 unspecified atom stereocenters. The first-order chi connectivity index (χ1) is 9.95. The van der Waals surface area contributed by atoms with Gasteiger partial charge in [0.1, 0.15) is 4.90 Å². The largest absolute Gasteiger partial charge is 0.351 e. The maximum Gasteiger partial charge on any atom is 0.351 e. The minimum Gasteiger partial charge on any atom is -0.246 e. The van der Waals surface area contributed by atoms with Crippen LogP contribution >= 0.6 is 11.6 Å². The molecule has 21 heavy (non-hydrogen) atoms. The van der Waals surface area contributed by atoms with E-state index >= 15 is 0 Å². The Labute approximate surface area is 128 Å². The van der Waals surface area contributed by atoms with E-state index in [2.05, 4.69) is 5.10 Å². The highest BCUT2D eigenvalue weighted by atomic mass is 35.5. The van der Waals surface area contributed by atoms with E-state index in [0.717, 1.165) is 12.8 Å². The van der Waals surface area contributed by atoms with Crippen molar-refractivity contribution in [1.82, 2.24) is 9.73 Å². The van der Waals surface area contributed by atoms with Crippen molar-refractivity contribution in [3.05, 3.63) is 29.3 Å². The smallest absolute Gasteiger partial charge is 0.246 e. The molecule has 0 spiro atoms. The first kappa shape index (κ1) is 15.8. The Bertz CT molecular complexity index is 660. The molecule has 2 amide bonds. The Kier molecular flexibility index (Phi) is 4.84. The van der Waals surface area contributed by atoms with Crippen molar-refractivity contribution in [1.29, 1.82) is 0 Å². The number of carbonyl (C=O) groups excluding carboxylic acids is 1. The summed E-state index contributed by atoms with van der Waals surface area (Å²) in [6.07, 6.45) is 3.89. The molecule has 2 rings (SSSR count). The molecule has 6 nitrogen and oxygen atoms in total. The van der Waals surface area contributed by atoms with Crippen LogP contribution in [-0.2, 0) is 10.0 Å². The van der Waals surface area contributed by atoms with Crippen LogP contribution in [0.1, 0.15) is 26.2 Å². The molecule has 1 atom stereocenters. The van der Waals surface area contributed by atoms with Crippen LogP contribution in [-0.4, -0.2) is 31.7 Å². The topological polar surface area (TPSA) is 78.8 Å². The van der Waals surface area contributed by atoms with Gasteiger partial charge in [0.25, 0.3) is 10.0 Å². The number of hydrazone groups is 1. The minimum atomic E-state index is -4.01. The van der Waals surface area contributed by atoms with Gasteiger partial charge in [0.05, 0.1) is 11.1 Å². The monoisotopic (exact) mass is 329 g/mol. The zero-order valence-corrected chi connectivity index (χ0v) is 13.1. The van der Waals surface area contributed by atoms with Crippen molar-refractivity contribution in [2.75, 3.05) is 0 Å². The maximum absolute atomic E-state index is 12.2. The van der Waals surface area contributed by atoms with Crippen molar-refractivity contribution in [2.45, 2.75) is 37.1 Å². The normalized spacial score (nSPS) is 18.0. The molecule has 1 aliphatic rings. The summed E-state index contributed by atoms with van der Waals surface area (Å²) in [6, 6.07) is 5.09. The Balaban J connectivity index is 2.15. The molecule has 0 radical (unpaired) electrons. The summed E-state index contributed by atoms with van der Waals surface area (Å²) in [7, 11) is -4.01. The number of nitrogens with zero attached hydrogens (tertiary/aromatic N) is 2. The van der Waals surface area contributed by atoms with Crippen molar-refractivity contribution < 1.29 is 13.2 Å². The van der Waals surface area contributed by atoms with Gasteiger partial charge in [-0.1, -0.05) is 37.1 Å². The van der Waals surface area contributed by atoms with Gasteiger partial charge < -0.3 is 0 Å². The molecular formula is C13H16ClN3O3S. The molecule has 1 aliphatic heterocycles. The van der Waals surface area contributed by atoms with E-state index in [1.165, 1.54) is 17.1 Å². The van der Waals surface area contributed by atoms with Crippen LogP contribution in [0.25, 0.3) is 0 Å². The lowest BCUT2D eigenvalue weighted by atomic mass is 10.1. The number of amides is 2. The molecule has 8 heteroatoms. The molecule has 0 fully saturated rings. The molecular weight excluding hydrogens is 314 g/mol. The summed E-state index contributed by atoms with van der Waals surface area (Å²) in [5.74, 6) is 0. The summed E-state index contributed by atoms with van der Waals surface area (Å²) in [6.45, 7) is 1.99. The van der Waals surface area contributed by atoms with Crippen molar-refractivity contribution in [3.63, 3.8) is 0 Å². The van der Waals surface area contributed by atoms with Crippen molar-refractivity contribution >= 4 is 33.9 Å². The van der Waals surface area contributed by atoms with Gasteiger partial charge in [-0.15, -0.1) is 0 Å². The van der Waals surface area contributed by atoms with Gasteiger partial charge in [0.15, 0.2) is 0 Å². The van der Waals surface area contributed by atoms with E-state index in [0.29, 0.717) is 6.42 Å². The standard InChI is InChI=1S/C13H16ClN3O3S/c1-2-5-10-8-9-15-17(10)13(18)16-21(19,20)12-7-4-3-6-11(12)14/h3-4,6-7,9-10H,2,5,8H2,1H3,(H,16,18). The minimum absolute atomic E-state index is 0.0628. The van der Waals surface area contributed by atoms with Gasteiger partial charge in [-0.05, 0) is 18.6 Å². The molecule has 1 aromatic rings. The summed E-state index contributed by atoms with van der Waals surface area (Å²) in [5.41, 5.74) is 0. The second-order valence-corrected chi connectivity index (χ2v) is 6.72. The highest BCUT2D eigenvalue weighted by molar-refractivity contribution is 7.90. The zero-order chi connectivity index (χ0) is 15.5. The van der Waals surface area contributed by atoms with Gasteiger partial charge in [-0.25, -0.2) is 22.9 Å². The fourth-order valence-electron chi connectivity index (χ4n) is 2.12. The average Bonchev–Trinajstić information content (AvgIpc) is 2.87. The van der Waals surface area contributed by atoms with Gasteiger partial charge in [0.2, 0.25) is 0 Å². The van der Waals surface area contributed by atoms with Crippen LogP contribution in [0.2, 0.25) is 5.02 Å². The summed E-state index contributed by atoms with van der Waals surface area (Å²) >= 11 is 5.86. The van der Waals surface area contributed by atoms with E-state index < -0.39 is 16.1 Å². The number of urea groups is 1. The average molecular weight is 330 g/mol. The number of carbonyl (C=O) groups is 1.